The molecule has 0 radical (unpaired) electrons. The van der Waals surface area contributed by atoms with E-state index in [9.17, 15) is 19.2 Å². The molecule has 1 unspecified atom stereocenters. The first kappa shape index (κ1) is 23.0. The lowest BCUT2D eigenvalue weighted by Crippen LogP contribution is -2.24. The smallest absolute Gasteiger partial charge is 0.335 e. The predicted octanol–water partition coefficient (Wildman–Crippen LogP) is 3.70. The minimum atomic E-state index is -1.07. The van der Waals surface area contributed by atoms with Crippen LogP contribution in [0.15, 0.2) is 53.4 Å². The van der Waals surface area contributed by atoms with Gasteiger partial charge < -0.3 is 20.8 Å². The lowest BCUT2D eigenvalue weighted by atomic mass is 10.2. The molecule has 9 heteroatoms. The third-order valence-electron chi connectivity index (χ3n) is 4.00. The summed E-state index contributed by atoms with van der Waals surface area (Å²) in [5.74, 6) is -2.78. The maximum absolute atomic E-state index is 12.6. The van der Waals surface area contributed by atoms with Gasteiger partial charge in [0, 0.05) is 22.7 Å². The molecule has 0 bridgehead atoms. The number of hydrogen-bond acceptors (Lipinski definition) is 5. The first-order chi connectivity index (χ1) is 14.3. The summed E-state index contributed by atoms with van der Waals surface area (Å²) >= 11 is 1.31. The zero-order valence-corrected chi connectivity index (χ0v) is 17.1. The number of rotatable bonds is 10. The van der Waals surface area contributed by atoms with Gasteiger partial charge in [0.15, 0.2) is 0 Å². The van der Waals surface area contributed by atoms with Crippen LogP contribution in [0, 0.1) is 0 Å². The van der Waals surface area contributed by atoms with Crippen LogP contribution in [0.1, 0.15) is 36.5 Å². The van der Waals surface area contributed by atoms with Gasteiger partial charge in [-0.3, -0.25) is 14.4 Å². The minimum absolute atomic E-state index is 0.0832. The molecule has 158 valence electrons. The highest BCUT2D eigenvalue weighted by Crippen LogP contribution is 2.28. The number of benzene rings is 2. The van der Waals surface area contributed by atoms with E-state index in [4.69, 9.17) is 10.2 Å². The van der Waals surface area contributed by atoms with Crippen molar-refractivity contribution in [1.82, 2.24) is 0 Å². The van der Waals surface area contributed by atoms with Crippen molar-refractivity contribution in [3.05, 3.63) is 54.1 Å². The summed E-state index contributed by atoms with van der Waals surface area (Å²) in [7, 11) is 0. The van der Waals surface area contributed by atoms with Crippen LogP contribution in [0.4, 0.5) is 11.4 Å². The molecule has 30 heavy (non-hydrogen) atoms. The number of anilines is 2. The topological polar surface area (TPSA) is 133 Å². The molecule has 0 aliphatic carbocycles. The first-order valence-corrected chi connectivity index (χ1v) is 10.1. The maximum atomic E-state index is 12.6. The third-order valence-corrected chi connectivity index (χ3v) is 5.36. The van der Waals surface area contributed by atoms with Gasteiger partial charge in [0.1, 0.15) is 0 Å². The van der Waals surface area contributed by atoms with Gasteiger partial charge in [-0.2, -0.15) is 0 Å². The molecule has 0 aliphatic rings. The Morgan fingerprint density at radius 1 is 0.933 bits per heavy atom. The summed E-state index contributed by atoms with van der Waals surface area (Å²) in [6, 6.07) is 12.9. The number of nitrogens with one attached hydrogen (secondary N) is 2. The largest absolute Gasteiger partial charge is 0.481 e. The molecule has 2 amide bonds. The van der Waals surface area contributed by atoms with Crippen molar-refractivity contribution in [2.45, 2.75) is 36.3 Å². The maximum Gasteiger partial charge on any atom is 0.335 e. The van der Waals surface area contributed by atoms with Gasteiger partial charge in [-0.05, 0) is 42.8 Å². The van der Waals surface area contributed by atoms with Crippen molar-refractivity contribution >= 4 is 46.9 Å². The van der Waals surface area contributed by atoms with E-state index in [0.29, 0.717) is 17.8 Å². The van der Waals surface area contributed by atoms with Crippen LogP contribution in [0.3, 0.4) is 0 Å². The number of aliphatic carboxylic acids is 1. The molecule has 8 nitrogen and oxygen atoms in total. The van der Waals surface area contributed by atoms with Crippen molar-refractivity contribution in [3.63, 3.8) is 0 Å². The summed E-state index contributed by atoms with van der Waals surface area (Å²) in [4.78, 5) is 46.8. The van der Waals surface area contributed by atoms with E-state index in [1.54, 1.807) is 36.4 Å². The zero-order chi connectivity index (χ0) is 22.1. The molecule has 4 N–H and O–H groups in total. The molecule has 2 aromatic rings. The van der Waals surface area contributed by atoms with E-state index in [0.717, 1.165) is 4.90 Å². The number of thioether (sulfide) groups is 1. The van der Waals surface area contributed by atoms with Crippen LogP contribution in [0.25, 0.3) is 0 Å². The number of hydrogen-bond donors (Lipinski definition) is 4. The van der Waals surface area contributed by atoms with Crippen molar-refractivity contribution in [1.29, 1.82) is 0 Å². The number of carbonyl (C=O) groups is 4. The number of carboxylic acids is 2. The predicted molar refractivity (Wildman–Crippen MR) is 114 cm³/mol. The summed E-state index contributed by atoms with van der Waals surface area (Å²) in [6.07, 6.45) is 0.161. The molecule has 0 saturated carbocycles. The molecule has 2 rings (SSSR count). The molecule has 0 spiro atoms. The van der Waals surface area contributed by atoms with Gasteiger partial charge in [-0.1, -0.05) is 19.1 Å². The molecule has 0 fully saturated rings. The summed E-state index contributed by atoms with van der Waals surface area (Å²) in [5, 5.41) is 22.7. The second-order valence-electron chi connectivity index (χ2n) is 6.36. The summed E-state index contributed by atoms with van der Waals surface area (Å²) in [5.41, 5.74) is 0.998. The quantitative estimate of drug-likeness (QED) is 0.422. The summed E-state index contributed by atoms with van der Waals surface area (Å²) < 4.78 is 0. The Kier molecular flexibility index (Phi) is 8.42. The molecular formula is C21H22N2O6S. The van der Waals surface area contributed by atoms with Crippen LogP contribution in [-0.4, -0.2) is 39.2 Å². The molecular weight excluding hydrogens is 408 g/mol. The Labute approximate surface area is 177 Å². The number of amides is 2. The SMILES string of the molecule is CCC(Sc1cccc(NC(=O)CCC(=O)O)c1)C(=O)Nc1cccc(C(=O)O)c1. The Morgan fingerprint density at radius 3 is 2.23 bits per heavy atom. The van der Waals surface area contributed by atoms with E-state index >= 15 is 0 Å². The van der Waals surface area contributed by atoms with Crippen molar-refractivity contribution in [2.24, 2.45) is 0 Å². The van der Waals surface area contributed by atoms with Crippen LogP contribution >= 0.6 is 11.8 Å². The van der Waals surface area contributed by atoms with Crippen LogP contribution in [0.2, 0.25) is 0 Å². The molecule has 0 saturated heterocycles. The molecule has 0 aliphatic heterocycles. The van der Waals surface area contributed by atoms with Gasteiger partial charge in [0.05, 0.1) is 17.2 Å². The first-order valence-electron chi connectivity index (χ1n) is 9.21. The van der Waals surface area contributed by atoms with Crippen molar-refractivity contribution < 1.29 is 29.4 Å². The van der Waals surface area contributed by atoms with Crippen molar-refractivity contribution in [3.8, 4) is 0 Å². The van der Waals surface area contributed by atoms with Crippen LogP contribution in [-0.2, 0) is 14.4 Å². The number of carbonyl (C=O) groups excluding carboxylic acids is 2. The van der Waals surface area contributed by atoms with E-state index in [2.05, 4.69) is 10.6 Å². The lowest BCUT2D eigenvalue weighted by molar-refractivity contribution is -0.138. The van der Waals surface area contributed by atoms with Crippen LogP contribution in [0.5, 0.6) is 0 Å². The fourth-order valence-electron chi connectivity index (χ4n) is 2.53. The highest BCUT2D eigenvalue weighted by Gasteiger charge is 2.19. The Bertz CT molecular complexity index is 947. The van der Waals surface area contributed by atoms with Gasteiger partial charge in [0.25, 0.3) is 0 Å². The van der Waals surface area contributed by atoms with Gasteiger partial charge >= 0.3 is 11.9 Å². The molecule has 0 heterocycles. The van der Waals surface area contributed by atoms with E-state index in [1.165, 1.54) is 23.9 Å². The summed E-state index contributed by atoms with van der Waals surface area (Å²) in [6.45, 7) is 1.86. The van der Waals surface area contributed by atoms with Gasteiger partial charge in [-0.15, -0.1) is 11.8 Å². The highest BCUT2D eigenvalue weighted by atomic mass is 32.2. The van der Waals surface area contributed by atoms with Gasteiger partial charge in [0.2, 0.25) is 11.8 Å². The molecule has 1 atom stereocenters. The molecule has 2 aromatic carbocycles. The Hall–Kier alpha value is -3.33. The average molecular weight is 430 g/mol. The van der Waals surface area contributed by atoms with Gasteiger partial charge in [-0.25, -0.2) is 4.79 Å². The number of aromatic carboxylic acids is 1. The third kappa shape index (κ3) is 7.25. The molecule has 0 aromatic heterocycles. The zero-order valence-electron chi connectivity index (χ0n) is 16.3. The second kappa shape index (κ2) is 11.0. The normalized spacial score (nSPS) is 11.4. The fourth-order valence-corrected chi connectivity index (χ4v) is 3.54. The Morgan fingerprint density at radius 2 is 1.60 bits per heavy atom. The minimum Gasteiger partial charge on any atom is -0.481 e. The lowest BCUT2D eigenvalue weighted by Gasteiger charge is -2.15. The second-order valence-corrected chi connectivity index (χ2v) is 7.64. The van der Waals surface area contributed by atoms with E-state index < -0.39 is 23.1 Å². The number of carboxylic acid groups (broad SMARTS) is 2. The van der Waals surface area contributed by atoms with E-state index in [1.807, 2.05) is 6.92 Å². The monoisotopic (exact) mass is 430 g/mol. The van der Waals surface area contributed by atoms with E-state index in [-0.39, 0.29) is 24.3 Å². The van der Waals surface area contributed by atoms with Crippen molar-refractivity contribution in [2.75, 3.05) is 10.6 Å². The Balaban J connectivity index is 2.02. The standard InChI is InChI=1S/C21H22N2O6S/c1-2-17(20(27)23-14-6-3-5-13(11-14)21(28)29)30-16-8-4-7-15(12-16)22-18(24)9-10-19(25)26/h3-8,11-12,17H,2,9-10H2,1H3,(H,22,24)(H,23,27)(H,25,26)(H,28,29). The average Bonchev–Trinajstić information content (AvgIpc) is 2.71. The fraction of sp³-hybridized carbons (Fsp3) is 0.238. The highest BCUT2D eigenvalue weighted by molar-refractivity contribution is 8.00. The van der Waals surface area contributed by atoms with Crippen LogP contribution < -0.4 is 10.6 Å².